The Hall–Kier alpha value is -3.04. The second-order valence-electron chi connectivity index (χ2n) is 20.1. The quantitative estimate of drug-likeness (QED) is 0.180. The Labute approximate surface area is 389 Å². The number of cyclic esters (lactones) is 1. The molecule has 2 unspecified atom stereocenters. The van der Waals surface area contributed by atoms with Crippen LogP contribution in [0.2, 0.25) is 0 Å². The standard InChI is InChI=1S/C52H83NO12/c1-31-17-13-12-14-18-32(2)44(61-9)29-40-22-20-37(7)52(60,65-40)38(8)50(58)53-24-16-15-19-41(53)51(59)64-45(34(4)27-39-21-23-42(54)46(28-39)62-10)30-43(55)33(3)26-36(6)48(57)49(63-11)47(56)35(5)25-31/h12-14,17-18,26,31,33-35,37-42,44-46,48-49,54,57,60H,15-16,19-25,27-30H2,1-11H3/b14-12?,17-13+,32-18?,36-26+/t31-,33-,34-,35-,37-,38?,39+,40+,41?,42-,44+,45+,46-,48-,49+,52-/m1/s1. The third-order valence-corrected chi connectivity index (χ3v) is 15.0. The normalized spacial score (nSPS) is 40.2. The summed E-state index contributed by atoms with van der Waals surface area (Å²) in [5.74, 6) is -5.75. The lowest BCUT2D eigenvalue weighted by Crippen LogP contribution is -2.59. The molecule has 4 aliphatic rings. The average molecular weight is 914 g/mol. The van der Waals surface area contributed by atoms with Gasteiger partial charge in [0.15, 0.2) is 11.6 Å². The number of hydrogen-bond donors (Lipinski definition) is 3. The lowest BCUT2D eigenvalue weighted by Gasteiger charge is -2.47. The van der Waals surface area contributed by atoms with Crippen molar-refractivity contribution >= 4 is 23.4 Å². The highest BCUT2D eigenvalue weighted by molar-refractivity contribution is 5.88. The summed E-state index contributed by atoms with van der Waals surface area (Å²) in [4.78, 5) is 58.5. The number of allylic oxidation sites excluding steroid dienone is 6. The monoisotopic (exact) mass is 914 g/mol. The molecule has 3 aliphatic heterocycles. The third kappa shape index (κ3) is 14.5. The Morgan fingerprint density at radius 2 is 1.57 bits per heavy atom. The van der Waals surface area contributed by atoms with Crippen LogP contribution in [0.15, 0.2) is 47.6 Å². The summed E-state index contributed by atoms with van der Waals surface area (Å²) >= 11 is 0. The number of ether oxygens (including phenoxy) is 5. The number of methoxy groups -OCH3 is 3. The predicted molar refractivity (Wildman–Crippen MR) is 249 cm³/mol. The number of aliphatic hydroxyl groups is 3. The van der Waals surface area contributed by atoms with Gasteiger partial charge in [0.05, 0.1) is 30.3 Å². The molecule has 13 heteroatoms. The van der Waals surface area contributed by atoms with Gasteiger partial charge in [-0.05, 0) is 114 Å². The van der Waals surface area contributed by atoms with E-state index in [1.54, 1.807) is 41.1 Å². The molecular formula is C52H83NO12. The van der Waals surface area contributed by atoms with Gasteiger partial charge in [0.25, 0.3) is 0 Å². The van der Waals surface area contributed by atoms with Crippen molar-refractivity contribution in [2.24, 2.45) is 41.4 Å². The number of carbonyl (C=O) groups is 4. The number of rotatable bonds is 6. The van der Waals surface area contributed by atoms with Gasteiger partial charge >= 0.3 is 5.97 Å². The number of piperidine rings is 1. The van der Waals surface area contributed by atoms with Crippen LogP contribution in [-0.2, 0) is 42.9 Å². The fourth-order valence-corrected chi connectivity index (χ4v) is 10.6. The molecule has 1 amide bonds. The maximum absolute atomic E-state index is 14.6. The molecule has 0 aromatic carbocycles. The number of aliphatic hydroxyl groups excluding tert-OH is 2. The summed E-state index contributed by atoms with van der Waals surface area (Å²) in [6.45, 7) is 15.1. The van der Waals surface area contributed by atoms with Crippen molar-refractivity contribution in [2.45, 2.75) is 187 Å². The SMILES string of the molecule is CO[C@H]1C[C@@H]2CC[C@@H](C)[C@@](O)(O2)C(C)C(=O)N2CCCCC2C(=O)O[C@H]([C@H](C)C[C@@H]2CC[C@@H](O)[C@H](OC)C2)CC(=O)[C@H](C)/C=C(\C)[C@@H](O)[C@@H](OC)C(=O)[C@H](C)C[C@H](C)/C=C/C=CC=C1C. The van der Waals surface area contributed by atoms with Crippen LogP contribution in [0.25, 0.3) is 0 Å². The number of Topliss-reactive ketones (excluding diaryl/α,β-unsaturated/α-hetero) is 2. The summed E-state index contributed by atoms with van der Waals surface area (Å²) in [5.41, 5.74) is 1.38. The first-order chi connectivity index (χ1) is 30.7. The predicted octanol–water partition coefficient (Wildman–Crippen LogP) is 7.25. The Kier molecular flexibility index (Phi) is 21.3. The molecule has 0 spiro atoms. The average Bonchev–Trinajstić information content (AvgIpc) is 3.28. The van der Waals surface area contributed by atoms with Gasteiger partial charge in [-0.3, -0.25) is 14.4 Å². The molecule has 2 bridgehead atoms. The highest BCUT2D eigenvalue weighted by atomic mass is 16.6. The van der Waals surface area contributed by atoms with E-state index >= 15 is 0 Å². The molecule has 0 radical (unpaired) electrons. The van der Waals surface area contributed by atoms with Gasteiger partial charge in [-0.2, -0.15) is 0 Å². The van der Waals surface area contributed by atoms with Crippen molar-refractivity contribution in [1.82, 2.24) is 4.90 Å². The fourth-order valence-electron chi connectivity index (χ4n) is 10.6. The minimum atomic E-state index is -1.79. The van der Waals surface area contributed by atoms with Gasteiger partial charge in [-0.1, -0.05) is 71.1 Å². The molecular weight excluding hydrogens is 831 g/mol. The van der Waals surface area contributed by atoms with Crippen molar-refractivity contribution in [3.63, 3.8) is 0 Å². The zero-order valence-corrected chi connectivity index (χ0v) is 41.3. The van der Waals surface area contributed by atoms with Gasteiger partial charge in [0.2, 0.25) is 5.91 Å². The Balaban J connectivity index is 1.70. The van der Waals surface area contributed by atoms with Crippen LogP contribution in [0.1, 0.15) is 132 Å². The van der Waals surface area contributed by atoms with E-state index in [-0.39, 0.29) is 59.8 Å². The van der Waals surface area contributed by atoms with Crippen LogP contribution in [0.3, 0.4) is 0 Å². The number of nitrogens with zero attached hydrogens (tertiary/aromatic N) is 1. The first-order valence-corrected chi connectivity index (χ1v) is 24.4. The molecule has 3 heterocycles. The third-order valence-electron chi connectivity index (χ3n) is 15.0. The summed E-state index contributed by atoms with van der Waals surface area (Å²) < 4.78 is 30.0. The second-order valence-corrected chi connectivity index (χ2v) is 20.1. The van der Waals surface area contributed by atoms with Crippen LogP contribution >= 0.6 is 0 Å². The van der Waals surface area contributed by atoms with Crippen molar-refractivity contribution in [2.75, 3.05) is 27.9 Å². The van der Waals surface area contributed by atoms with E-state index in [0.717, 1.165) is 12.0 Å². The smallest absolute Gasteiger partial charge is 0.329 e. The van der Waals surface area contributed by atoms with Crippen molar-refractivity contribution in [1.29, 1.82) is 0 Å². The molecule has 0 aromatic heterocycles. The number of amides is 1. The summed E-state index contributed by atoms with van der Waals surface area (Å²) in [6, 6.07) is -0.919. The molecule has 3 N–H and O–H groups in total. The van der Waals surface area contributed by atoms with Crippen molar-refractivity contribution in [3.8, 4) is 0 Å². The molecule has 3 fully saturated rings. The molecule has 1 saturated carbocycles. The fraction of sp³-hybridized carbons (Fsp3) is 0.769. The first-order valence-electron chi connectivity index (χ1n) is 24.4. The number of hydrogen-bond acceptors (Lipinski definition) is 12. The number of ketones is 2. The van der Waals surface area contributed by atoms with Gasteiger partial charge < -0.3 is 43.9 Å². The van der Waals surface area contributed by atoms with E-state index < -0.39 is 66.1 Å². The van der Waals surface area contributed by atoms with E-state index in [1.807, 2.05) is 65.0 Å². The molecule has 16 atom stereocenters. The lowest BCUT2D eigenvalue weighted by molar-refractivity contribution is -0.303. The molecule has 13 nitrogen and oxygen atoms in total. The van der Waals surface area contributed by atoms with E-state index in [4.69, 9.17) is 23.7 Å². The van der Waals surface area contributed by atoms with Crippen LogP contribution in [0, 0.1) is 41.4 Å². The van der Waals surface area contributed by atoms with Crippen LogP contribution in [-0.4, -0.2) is 126 Å². The number of carbonyl (C=O) groups excluding carboxylic acids is 4. The van der Waals surface area contributed by atoms with Gasteiger partial charge in [0.1, 0.15) is 30.1 Å². The Morgan fingerprint density at radius 1 is 0.846 bits per heavy atom. The number of esters is 1. The summed E-state index contributed by atoms with van der Waals surface area (Å²) in [6.07, 6.45) is 13.2. The first kappa shape index (κ1) is 54.6. The minimum absolute atomic E-state index is 0.0468. The van der Waals surface area contributed by atoms with Crippen LogP contribution in [0.4, 0.5) is 0 Å². The van der Waals surface area contributed by atoms with E-state index in [9.17, 15) is 34.5 Å². The molecule has 1 aliphatic carbocycles. The Bertz CT molecular complexity index is 1710. The van der Waals surface area contributed by atoms with Crippen molar-refractivity contribution < 1.29 is 58.2 Å². The van der Waals surface area contributed by atoms with E-state index in [1.165, 1.54) is 12.0 Å². The maximum atomic E-state index is 14.6. The molecule has 65 heavy (non-hydrogen) atoms. The van der Waals surface area contributed by atoms with E-state index in [0.29, 0.717) is 76.3 Å². The molecule has 368 valence electrons. The Morgan fingerprint density at radius 3 is 2.25 bits per heavy atom. The zero-order chi connectivity index (χ0) is 48.2. The lowest BCUT2D eigenvalue weighted by atomic mass is 9.78. The largest absolute Gasteiger partial charge is 0.460 e. The summed E-state index contributed by atoms with van der Waals surface area (Å²) in [7, 11) is 4.63. The summed E-state index contributed by atoms with van der Waals surface area (Å²) in [5, 5.41) is 34.2. The number of fused-ring (bicyclic) bond motifs is 3. The van der Waals surface area contributed by atoms with Gasteiger partial charge in [0, 0.05) is 58.5 Å². The minimum Gasteiger partial charge on any atom is -0.460 e. The van der Waals surface area contributed by atoms with Crippen molar-refractivity contribution in [3.05, 3.63) is 47.6 Å². The topological polar surface area (TPSA) is 178 Å². The molecule has 2 saturated heterocycles. The molecule has 0 aromatic rings. The maximum Gasteiger partial charge on any atom is 0.329 e. The zero-order valence-electron chi connectivity index (χ0n) is 41.3. The second kappa shape index (κ2) is 25.4. The molecule has 4 rings (SSSR count). The van der Waals surface area contributed by atoms with Crippen LogP contribution in [0.5, 0.6) is 0 Å². The van der Waals surface area contributed by atoms with E-state index in [2.05, 4.69) is 0 Å². The highest BCUT2D eigenvalue weighted by Gasteiger charge is 2.51. The van der Waals surface area contributed by atoms with Crippen LogP contribution < -0.4 is 0 Å². The highest BCUT2D eigenvalue weighted by Crippen LogP contribution is 2.41. The van der Waals surface area contributed by atoms with Gasteiger partial charge in [-0.25, -0.2) is 4.79 Å². The van der Waals surface area contributed by atoms with Gasteiger partial charge in [-0.15, -0.1) is 0 Å².